The maximum atomic E-state index is 12.5. The highest BCUT2D eigenvalue weighted by Gasteiger charge is 2.27. The summed E-state index contributed by atoms with van der Waals surface area (Å²) in [4.78, 5) is 14.6. The molecule has 3 rings (SSSR count). The molecule has 0 aliphatic carbocycles. The summed E-state index contributed by atoms with van der Waals surface area (Å²) in [5.74, 6) is 0.355. The van der Waals surface area contributed by atoms with Crippen LogP contribution < -0.4 is 15.2 Å². The molecule has 6 nitrogen and oxygen atoms in total. The average molecular weight is 372 g/mol. The molecule has 2 N–H and O–H groups in total. The molecule has 2 heterocycles. The number of esters is 1. The normalized spacial score (nSPS) is 18.2. The second kappa shape index (κ2) is 8.10. The fraction of sp³-hybridized carbons (Fsp3) is 0.588. The second-order valence-corrected chi connectivity index (χ2v) is 6.65. The lowest BCUT2D eigenvalue weighted by Gasteiger charge is -2.30. The molecule has 0 saturated carbocycles. The first-order valence-corrected chi connectivity index (χ1v) is 8.81. The van der Waals surface area contributed by atoms with Crippen LogP contribution in [-0.4, -0.2) is 57.0 Å². The number of piperidine rings is 1. The van der Waals surface area contributed by atoms with Gasteiger partial charge >= 0.3 is 5.97 Å². The van der Waals surface area contributed by atoms with E-state index in [9.17, 15) is 9.18 Å². The molecule has 0 spiro atoms. The third-order valence-corrected chi connectivity index (χ3v) is 4.89. The minimum atomic E-state index is -0.505. The van der Waals surface area contributed by atoms with Crippen LogP contribution in [0.2, 0.25) is 5.02 Å². The molecule has 138 valence electrons. The Morgan fingerprint density at radius 3 is 2.68 bits per heavy atom. The summed E-state index contributed by atoms with van der Waals surface area (Å²) in [6.07, 6.45) is 1.76. The van der Waals surface area contributed by atoms with Crippen LogP contribution in [0.15, 0.2) is 6.07 Å². The van der Waals surface area contributed by atoms with Gasteiger partial charge in [-0.1, -0.05) is 11.6 Å². The zero-order valence-electron chi connectivity index (χ0n) is 13.9. The second-order valence-electron chi connectivity index (χ2n) is 6.25. The minimum absolute atomic E-state index is 0.226. The van der Waals surface area contributed by atoms with Crippen LogP contribution in [-0.2, 0) is 4.74 Å². The molecule has 0 amide bonds. The fourth-order valence-electron chi connectivity index (χ4n) is 3.12. The van der Waals surface area contributed by atoms with Crippen LogP contribution in [0.1, 0.15) is 23.2 Å². The number of fused-ring (bicyclic) bond motifs is 1. The van der Waals surface area contributed by atoms with Crippen LogP contribution in [0.5, 0.6) is 11.5 Å². The van der Waals surface area contributed by atoms with Gasteiger partial charge in [-0.3, -0.25) is 0 Å². The van der Waals surface area contributed by atoms with Crippen molar-refractivity contribution in [2.75, 3.05) is 51.9 Å². The standard InChI is InChI=1S/C17H22ClFN2O4/c18-13-9-12(15-16(14(13)20)24-8-7-23-15)17(22)25-10-11-1-4-21(5-2-11)6-3-19/h9,11H,1-8,10,20H2/i19-1. The Labute approximate surface area is 151 Å². The van der Waals surface area contributed by atoms with Crippen molar-refractivity contribution in [1.29, 1.82) is 0 Å². The molecule has 0 aromatic heterocycles. The van der Waals surface area contributed by atoms with Crippen molar-refractivity contribution in [3.63, 3.8) is 0 Å². The zero-order valence-corrected chi connectivity index (χ0v) is 14.7. The maximum Gasteiger partial charge on any atom is 0.342 e. The van der Waals surface area contributed by atoms with Crippen molar-refractivity contribution in [3.8, 4) is 11.5 Å². The van der Waals surface area contributed by atoms with E-state index in [1.807, 2.05) is 0 Å². The molecule has 25 heavy (non-hydrogen) atoms. The molecule has 0 unspecified atom stereocenters. The highest BCUT2D eigenvalue weighted by atomic mass is 35.5. The number of benzene rings is 1. The van der Waals surface area contributed by atoms with Gasteiger partial charge in [-0.15, -0.1) is 0 Å². The summed E-state index contributed by atoms with van der Waals surface area (Å²) in [6, 6.07) is 1.45. The molecule has 8 heteroatoms. The van der Waals surface area contributed by atoms with Gasteiger partial charge in [0.05, 0.1) is 17.3 Å². The topological polar surface area (TPSA) is 74.0 Å². The van der Waals surface area contributed by atoms with Crippen LogP contribution >= 0.6 is 11.6 Å². The van der Waals surface area contributed by atoms with Crippen molar-refractivity contribution < 1.29 is 23.4 Å². The Hall–Kier alpha value is -1.73. The van der Waals surface area contributed by atoms with E-state index in [0.29, 0.717) is 32.1 Å². The lowest BCUT2D eigenvalue weighted by molar-refractivity contribution is 0.0362. The van der Waals surface area contributed by atoms with Crippen molar-refractivity contribution in [2.24, 2.45) is 5.92 Å². The molecule has 1 aromatic carbocycles. The summed E-state index contributed by atoms with van der Waals surface area (Å²) in [6.45, 7) is 2.80. The van der Waals surface area contributed by atoms with E-state index in [2.05, 4.69) is 4.90 Å². The van der Waals surface area contributed by atoms with E-state index >= 15 is 0 Å². The molecule has 1 fully saturated rings. The Morgan fingerprint density at radius 2 is 2.00 bits per heavy atom. The number of likely N-dealkylation sites (tertiary alicyclic amines) is 1. The summed E-state index contributed by atoms with van der Waals surface area (Å²) in [5, 5.41) is 0.232. The number of nitrogens with two attached hydrogens (primary N) is 1. The van der Waals surface area contributed by atoms with Crippen molar-refractivity contribution in [1.82, 2.24) is 4.90 Å². The number of nitrogen functional groups attached to an aromatic ring is 1. The SMILES string of the molecule is Nc1c(Cl)cc(C(=O)OCC2CCN(CC[18F])CC2)c2c1OCCO2. The lowest BCUT2D eigenvalue weighted by Crippen LogP contribution is -2.36. The number of carbonyl (C=O) groups excluding carboxylic acids is 1. The van der Waals surface area contributed by atoms with E-state index in [0.717, 1.165) is 25.9 Å². The van der Waals surface area contributed by atoms with Gasteiger partial charge in [-0.05, 0) is 37.9 Å². The molecule has 1 saturated heterocycles. The van der Waals surface area contributed by atoms with Crippen molar-refractivity contribution in [3.05, 3.63) is 16.7 Å². The Morgan fingerprint density at radius 1 is 1.32 bits per heavy atom. The Bertz CT molecular complexity index is 636. The average Bonchev–Trinajstić information content (AvgIpc) is 2.64. The first-order chi connectivity index (χ1) is 12.1. The number of hydrogen-bond acceptors (Lipinski definition) is 6. The van der Waals surface area contributed by atoms with Crippen molar-refractivity contribution in [2.45, 2.75) is 12.8 Å². The smallest absolute Gasteiger partial charge is 0.342 e. The molecular weight excluding hydrogens is 350 g/mol. The number of anilines is 1. The Balaban J connectivity index is 1.62. The molecule has 0 bridgehead atoms. The van der Waals surface area contributed by atoms with Crippen molar-refractivity contribution >= 4 is 23.3 Å². The number of hydrogen-bond donors (Lipinski definition) is 1. The van der Waals surface area contributed by atoms with Gasteiger partial charge in [-0.25, -0.2) is 9.18 Å². The predicted molar refractivity (Wildman–Crippen MR) is 92.3 cm³/mol. The van der Waals surface area contributed by atoms with Crippen LogP contribution in [0.4, 0.5) is 10.1 Å². The van der Waals surface area contributed by atoms with E-state index in [-0.39, 0.29) is 34.6 Å². The monoisotopic (exact) mass is 371 g/mol. The van der Waals surface area contributed by atoms with Gasteiger partial charge in [0.1, 0.15) is 25.5 Å². The van der Waals surface area contributed by atoms with Crippen LogP contribution in [0.25, 0.3) is 0 Å². The molecule has 2 aliphatic rings. The number of halogens is 2. The van der Waals surface area contributed by atoms with Gasteiger partial charge in [0.25, 0.3) is 0 Å². The van der Waals surface area contributed by atoms with Gasteiger partial charge in [0.15, 0.2) is 11.5 Å². The number of ether oxygens (including phenoxy) is 3. The number of nitrogens with zero attached hydrogens (tertiary/aromatic N) is 1. The van der Waals surface area contributed by atoms with Crippen LogP contribution in [0, 0.1) is 5.92 Å². The van der Waals surface area contributed by atoms with Crippen LogP contribution in [0.3, 0.4) is 0 Å². The van der Waals surface area contributed by atoms with E-state index in [1.165, 1.54) is 6.07 Å². The molecule has 0 atom stereocenters. The van der Waals surface area contributed by atoms with Gasteiger partial charge < -0.3 is 24.8 Å². The predicted octanol–water partition coefficient (Wildman–Crippen LogP) is 2.53. The summed E-state index contributed by atoms with van der Waals surface area (Å²) in [5.41, 5.74) is 6.36. The Kier molecular flexibility index (Phi) is 5.86. The third kappa shape index (κ3) is 4.10. The van der Waals surface area contributed by atoms with Gasteiger partial charge in [-0.2, -0.15) is 0 Å². The summed E-state index contributed by atoms with van der Waals surface area (Å²) >= 11 is 6.08. The van der Waals surface area contributed by atoms with E-state index < -0.39 is 5.97 Å². The first-order valence-electron chi connectivity index (χ1n) is 8.43. The molecule has 0 radical (unpaired) electrons. The maximum absolute atomic E-state index is 12.5. The third-order valence-electron chi connectivity index (χ3n) is 4.58. The van der Waals surface area contributed by atoms with Gasteiger partial charge in [0, 0.05) is 6.54 Å². The molecular formula is C17H22ClFN2O4. The summed E-state index contributed by atoms with van der Waals surface area (Å²) < 4.78 is 28.8. The zero-order chi connectivity index (χ0) is 17.8. The largest absolute Gasteiger partial charge is 0.485 e. The van der Waals surface area contributed by atoms with E-state index in [4.69, 9.17) is 31.5 Å². The van der Waals surface area contributed by atoms with E-state index in [1.54, 1.807) is 0 Å². The number of alkyl halides is 1. The van der Waals surface area contributed by atoms with Gasteiger partial charge in [0.2, 0.25) is 0 Å². The minimum Gasteiger partial charge on any atom is -0.485 e. The molecule has 1 aromatic rings. The fourth-order valence-corrected chi connectivity index (χ4v) is 3.31. The highest BCUT2D eigenvalue weighted by Crippen LogP contribution is 2.43. The molecule has 2 aliphatic heterocycles. The quantitative estimate of drug-likeness (QED) is 0.633. The number of rotatable bonds is 5. The number of carbonyl (C=O) groups is 1. The highest BCUT2D eigenvalue weighted by molar-refractivity contribution is 6.34. The first kappa shape index (κ1) is 18.1. The summed E-state index contributed by atoms with van der Waals surface area (Å²) in [7, 11) is 0. The lowest BCUT2D eigenvalue weighted by atomic mass is 9.98.